The van der Waals surface area contributed by atoms with Crippen LogP contribution >= 0.6 is 15.9 Å². The van der Waals surface area contributed by atoms with Crippen molar-refractivity contribution in [2.24, 2.45) is 0 Å². The minimum absolute atomic E-state index is 0.0114. The van der Waals surface area contributed by atoms with E-state index in [1.54, 1.807) is 19.2 Å². The van der Waals surface area contributed by atoms with Crippen molar-refractivity contribution in [1.29, 1.82) is 5.26 Å². The number of ether oxygens (including phenoxy) is 1. The fraction of sp³-hybridized carbons (Fsp3) is 0.158. The number of carbonyl (C=O) groups is 1. The molecule has 122 valence electrons. The number of hydrogen-bond acceptors (Lipinski definition) is 3. The molecule has 2 rings (SSSR count). The van der Waals surface area contributed by atoms with Crippen molar-refractivity contribution in [2.75, 3.05) is 12.4 Å². The van der Waals surface area contributed by atoms with Gasteiger partial charge in [-0.2, -0.15) is 5.26 Å². The van der Waals surface area contributed by atoms with Gasteiger partial charge < -0.3 is 10.1 Å². The molecular weight excluding hydrogens is 368 g/mol. The van der Waals surface area contributed by atoms with E-state index in [1.165, 1.54) is 6.08 Å². The zero-order valence-electron chi connectivity index (χ0n) is 13.5. The Labute approximate surface area is 149 Å². The van der Waals surface area contributed by atoms with E-state index in [-0.39, 0.29) is 5.57 Å². The normalized spacial score (nSPS) is 10.8. The van der Waals surface area contributed by atoms with Crippen molar-refractivity contribution < 1.29 is 9.53 Å². The maximum absolute atomic E-state index is 12.4. The van der Waals surface area contributed by atoms with Crippen LogP contribution in [0.1, 0.15) is 18.1 Å². The van der Waals surface area contributed by atoms with Gasteiger partial charge in [0, 0.05) is 15.7 Å². The van der Waals surface area contributed by atoms with E-state index in [0.717, 1.165) is 16.5 Å². The van der Waals surface area contributed by atoms with Crippen LogP contribution in [0.5, 0.6) is 5.75 Å². The van der Waals surface area contributed by atoms with E-state index in [0.29, 0.717) is 17.0 Å². The fourth-order valence-corrected chi connectivity index (χ4v) is 2.64. The van der Waals surface area contributed by atoms with E-state index < -0.39 is 5.91 Å². The zero-order valence-corrected chi connectivity index (χ0v) is 15.1. The number of anilines is 1. The molecule has 1 amide bonds. The summed E-state index contributed by atoms with van der Waals surface area (Å²) in [5.74, 6) is 0.146. The fourth-order valence-electron chi connectivity index (χ4n) is 2.26. The molecule has 0 unspecified atom stereocenters. The molecular formula is C19H17BrN2O2. The lowest BCUT2D eigenvalue weighted by molar-refractivity contribution is -0.112. The van der Waals surface area contributed by atoms with E-state index in [4.69, 9.17) is 4.74 Å². The topological polar surface area (TPSA) is 62.1 Å². The summed E-state index contributed by atoms with van der Waals surface area (Å²) >= 11 is 3.38. The van der Waals surface area contributed by atoms with Crippen molar-refractivity contribution in [1.82, 2.24) is 0 Å². The molecule has 0 fully saturated rings. The lowest BCUT2D eigenvalue weighted by Crippen LogP contribution is -2.14. The SMILES string of the molecule is CCc1ccccc1NC(=O)/C(C#N)=C/c1cc(Br)ccc1OC. The summed E-state index contributed by atoms with van der Waals surface area (Å²) in [5.41, 5.74) is 2.40. The van der Waals surface area contributed by atoms with Crippen LogP contribution in [0.25, 0.3) is 6.08 Å². The third kappa shape index (κ3) is 4.24. The molecule has 0 saturated heterocycles. The Kier molecular flexibility index (Phi) is 6.16. The van der Waals surface area contributed by atoms with Crippen LogP contribution in [0, 0.1) is 11.3 Å². The van der Waals surface area contributed by atoms with Gasteiger partial charge >= 0.3 is 0 Å². The van der Waals surface area contributed by atoms with E-state index in [9.17, 15) is 10.1 Å². The molecule has 0 spiro atoms. The second-order valence-electron chi connectivity index (χ2n) is 5.02. The quantitative estimate of drug-likeness (QED) is 0.606. The first kappa shape index (κ1) is 17.8. The number of nitriles is 1. The number of carbonyl (C=O) groups excluding carboxylic acids is 1. The standard InChI is InChI=1S/C19H17BrN2O2/c1-3-13-6-4-5-7-17(13)22-19(23)15(12-21)10-14-11-16(20)8-9-18(14)24-2/h4-11H,3H2,1-2H3,(H,22,23)/b15-10+. The maximum atomic E-state index is 12.4. The molecule has 0 aliphatic rings. The molecule has 0 aromatic heterocycles. The molecule has 24 heavy (non-hydrogen) atoms. The van der Waals surface area contributed by atoms with Gasteiger partial charge in [-0.1, -0.05) is 41.1 Å². The van der Waals surface area contributed by atoms with Crippen molar-refractivity contribution >= 4 is 33.6 Å². The molecule has 0 radical (unpaired) electrons. The molecule has 0 atom stereocenters. The predicted molar refractivity (Wildman–Crippen MR) is 98.7 cm³/mol. The Morgan fingerprint density at radius 2 is 2.08 bits per heavy atom. The summed E-state index contributed by atoms with van der Waals surface area (Å²) in [6.45, 7) is 2.01. The van der Waals surface area contributed by atoms with Crippen molar-refractivity contribution in [3.8, 4) is 11.8 Å². The van der Waals surface area contributed by atoms with Gasteiger partial charge in [0.2, 0.25) is 0 Å². The second kappa shape index (κ2) is 8.32. The smallest absolute Gasteiger partial charge is 0.266 e. The van der Waals surface area contributed by atoms with Crippen LogP contribution in [0.4, 0.5) is 5.69 Å². The summed E-state index contributed by atoms with van der Waals surface area (Å²) in [6.07, 6.45) is 2.31. The monoisotopic (exact) mass is 384 g/mol. The highest BCUT2D eigenvalue weighted by molar-refractivity contribution is 9.10. The Morgan fingerprint density at radius 3 is 2.75 bits per heavy atom. The average molecular weight is 385 g/mol. The number of halogens is 1. The van der Waals surface area contributed by atoms with Crippen LogP contribution in [-0.4, -0.2) is 13.0 Å². The first-order valence-electron chi connectivity index (χ1n) is 7.43. The van der Waals surface area contributed by atoms with Gasteiger partial charge in [0.1, 0.15) is 17.4 Å². The van der Waals surface area contributed by atoms with Gasteiger partial charge in [-0.25, -0.2) is 0 Å². The van der Waals surface area contributed by atoms with Crippen LogP contribution in [0.3, 0.4) is 0 Å². The van der Waals surface area contributed by atoms with Crippen LogP contribution in [0.2, 0.25) is 0 Å². The number of para-hydroxylation sites is 1. The summed E-state index contributed by atoms with van der Waals surface area (Å²) in [5, 5.41) is 12.2. The van der Waals surface area contributed by atoms with Crippen LogP contribution in [0.15, 0.2) is 52.5 Å². The van der Waals surface area contributed by atoms with Crippen LogP contribution < -0.4 is 10.1 Å². The van der Waals surface area contributed by atoms with Gasteiger partial charge in [-0.05, 0) is 42.3 Å². The third-order valence-corrected chi connectivity index (χ3v) is 4.00. The number of nitrogens with zero attached hydrogens (tertiary/aromatic N) is 1. The number of aryl methyl sites for hydroxylation is 1. The number of hydrogen-bond donors (Lipinski definition) is 1. The average Bonchev–Trinajstić information content (AvgIpc) is 2.60. The highest BCUT2D eigenvalue weighted by Crippen LogP contribution is 2.25. The Morgan fingerprint density at radius 1 is 1.33 bits per heavy atom. The zero-order chi connectivity index (χ0) is 17.5. The molecule has 0 saturated carbocycles. The van der Waals surface area contributed by atoms with Gasteiger partial charge in [-0.3, -0.25) is 4.79 Å². The minimum Gasteiger partial charge on any atom is -0.496 e. The molecule has 5 heteroatoms. The van der Waals surface area contributed by atoms with Gasteiger partial charge in [0.05, 0.1) is 7.11 Å². The van der Waals surface area contributed by atoms with Gasteiger partial charge in [0.25, 0.3) is 5.91 Å². The van der Waals surface area contributed by atoms with Crippen molar-refractivity contribution in [3.05, 3.63) is 63.6 Å². The van der Waals surface area contributed by atoms with Crippen LogP contribution in [-0.2, 0) is 11.2 Å². The molecule has 0 aliphatic heterocycles. The summed E-state index contributed by atoms with van der Waals surface area (Å²) in [6, 6.07) is 14.9. The second-order valence-corrected chi connectivity index (χ2v) is 5.94. The van der Waals surface area contributed by atoms with Gasteiger partial charge in [-0.15, -0.1) is 0 Å². The summed E-state index contributed by atoms with van der Waals surface area (Å²) in [7, 11) is 1.55. The molecule has 0 bridgehead atoms. The molecule has 1 N–H and O–H groups in total. The number of benzene rings is 2. The lowest BCUT2D eigenvalue weighted by atomic mass is 10.1. The van der Waals surface area contributed by atoms with E-state index in [2.05, 4.69) is 21.2 Å². The number of nitrogens with one attached hydrogen (secondary N) is 1. The molecule has 0 aliphatic carbocycles. The highest BCUT2D eigenvalue weighted by Gasteiger charge is 2.13. The molecule has 2 aromatic carbocycles. The minimum atomic E-state index is -0.444. The van der Waals surface area contributed by atoms with Crippen molar-refractivity contribution in [2.45, 2.75) is 13.3 Å². The number of amides is 1. The lowest BCUT2D eigenvalue weighted by Gasteiger charge is -2.10. The number of rotatable bonds is 5. The Balaban J connectivity index is 2.33. The first-order chi connectivity index (χ1) is 11.6. The first-order valence-corrected chi connectivity index (χ1v) is 8.23. The third-order valence-electron chi connectivity index (χ3n) is 3.50. The Bertz CT molecular complexity index is 822. The van der Waals surface area contributed by atoms with Gasteiger partial charge in [0.15, 0.2) is 0 Å². The maximum Gasteiger partial charge on any atom is 0.266 e. The number of methoxy groups -OCH3 is 1. The summed E-state index contributed by atoms with van der Waals surface area (Å²) in [4.78, 5) is 12.4. The largest absolute Gasteiger partial charge is 0.496 e. The summed E-state index contributed by atoms with van der Waals surface area (Å²) < 4.78 is 6.11. The van der Waals surface area contributed by atoms with E-state index in [1.807, 2.05) is 43.3 Å². The Hall–Kier alpha value is -2.58. The molecule has 4 nitrogen and oxygen atoms in total. The molecule has 2 aromatic rings. The highest BCUT2D eigenvalue weighted by atomic mass is 79.9. The van der Waals surface area contributed by atoms with Crippen molar-refractivity contribution in [3.63, 3.8) is 0 Å². The van der Waals surface area contributed by atoms with E-state index >= 15 is 0 Å². The predicted octanol–water partition coefficient (Wildman–Crippen LogP) is 4.57. The molecule has 0 heterocycles.